The highest BCUT2D eigenvalue weighted by Crippen LogP contribution is 2.35. The monoisotopic (exact) mass is 869 g/mol. The molecule has 0 aliphatic carbocycles. The topological polar surface area (TPSA) is 180 Å². The van der Waals surface area contributed by atoms with Crippen LogP contribution in [0.1, 0.15) is 36.6 Å². The van der Waals surface area contributed by atoms with Gasteiger partial charge in [0.1, 0.15) is 12.4 Å². The zero-order valence-electron chi connectivity index (χ0n) is 25.3. The lowest BCUT2D eigenvalue weighted by Gasteiger charge is -2.28. The minimum atomic E-state index is -0.789. The van der Waals surface area contributed by atoms with Crippen molar-refractivity contribution in [1.29, 1.82) is 0 Å². The van der Waals surface area contributed by atoms with Gasteiger partial charge in [0.2, 0.25) is 0 Å². The molecule has 0 bridgehead atoms. The summed E-state index contributed by atoms with van der Waals surface area (Å²) in [6, 6.07) is 13.5. The first kappa shape index (κ1) is 35.4. The largest absolute Gasteiger partial charge is 0.493 e. The molecule has 3 aromatic carbocycles. The number of esters is 1. The summed E-state index contributed by atoms with van der Waals surface area (Å²) in [4.78, 5) is 47.8. The summed E-state index contributed by atoms with van der Waals surface area (Å²) in [6.07, 6.45) is 1.48. The van der Waals surface area contributed by atoms with Crippen LogP contribution in [0.4, 0.5) is 10.5 Å². The van der Waals surface area contributed by atoms with Gasteiger partial charge in [0.15, 0.2) is 18.1 Å². The molecule has 3 N–H and O–H groups in total. The van der Waals surface area contributed by atoms with E-state index in [1.165, 1.54) is 25.5 Å². The number of urea groups is 1. The molecule has 1 atom stereocenters. The summed E-state index contributed by atoms with van der Waals surface area (Å²) in [5.74, 6) is 0.0783. The minimum absolute atomic E-state index is 0.00547. The number of non-ortho nitro benzene ring substituents is 1. The highest BCUT2D eigenvalue weighted by Gasteiger charge is 2.32. The van der Waals surface area contributed by atoms with E-state index in [-0.39, 0.29) is 42.6 Å². The molecule has 0 saturated heterocycles. The molecule has 16 heteroatoms. The number of carbonyl (C=O) groups is 3. The second-order valence-corrected chi connectivity index (χ2v) is 12.1. The first-order valence-electron chi connectivity index (χ1n) is 13.9. The number of nitrogens with one attached hydrogen (secondary N) is 3. The molecule has 3 amide bonds. The quantitative estimate of drug-likeness (QED) is 0.0692. The summed E-state index contributed by atoms with van der Waals surface area (Å²) >= 11 is 4.24. The number of halogens is 2. The summed E-state index contributed by atoms with van der Waals surface area (Å²) in [6.45, 7) is 3.26. The van der Waals surface area contributed by atoms with Gasteiger partial charge in [-0.15, -0.1) is 0 Å². The van der Waals surface area contributed by atoms with Crippen LogP contribution in [-0.4, -0.2) is 49.4 Å². The number of amides is 3. The lowest BCUT2D eigenvalue weighted by atomic mass is 9.95. The molecule has 0 saturated carbocycles. The van der Waals surface area contributed by atoms with Gasteiger partial charge in [-0.1, -0.05) is 18.2 Å². The number of carbonyl (C=O) groups excluding carboxylic acids is 3. The van der Waals surface area contributed by atoms with Crippen molar-refractivity contribution < 1.29 is 38.3 Å². The summed E-state index contributed by atoms with van der Waals surface area (Å²) in [5.41, 5.74) is 4.96. The van der Waals surface area contributed by atoms with Crippen LogP contribution in [0, 0.1) is 17.3 Å². The number of benzene rings is 3. The summed E-state index contributed by atoms with van der Waals surface area (Å²) < 4.78 is 23.8. The van der Waals surface area contributed by atoms with Gasteiger partial charge in [-0.3, -0.25) is 14.9 Å². The molecule has 0 spiro atoms. The lowest BCUT2D eigenvalue weighted by molar-refractivity contribution is -0.384. The minimum Gasteiger partial charge on any atom is -0.493 e. The van der Waals surface area contributed by atoms with E-state index in [0.717, 1.165) is 7.14 Å². The molecular formula is C31H29I2N5O9. The van der Waals surface area contributed by atoms with Crippen molar-refractivity contribution >= 4 is 75.0 Å². The molecule has 3 aromatic rings. The maximum absolute atomic E-state index is 12.6. The zero-order chi connectivity index (χ0) is 34.1. The Morgan fingerprint density at radius 1 is 1.09 bits per heavy atom. The molecule has 0 aromatic heterocycles. The Morgan fingerprint density at radius 2 is 1.83 bits per heavy atom. The fourth-order valence-electron chi connectivity index (χ4n) is 4.47. The van der Waals surface area contributed by atoms with Crippen LogP contribution in [0.5, 0.6) is 17.2 Å². The number of hydrazone groups is 1. The molecule has 246 valence electrons. The molecule has 0 radical (unpaired) electrons. The third-order valence-corrected chi connectivity index (χ3v) is 8.17. The number of nitrogens with zero attached hydrogens (tertiary/aromatic N) is 2. The zero-order valence-corrected chi connectivity index (χ0v) is 29.6. The fraction of sp³-hybridized carbons (Fsp3) is 0.226. The molecule has 14 nitrogen and oxygen atoms in total. The van der Waals surface area contributed by atoms with Gasteiger partial charge in [-0.05, 0) is 100.0 Å². The molecule has 1 aliphatic rings. The van der Waals surface area contributed by atoms with Crippen molar-refractivity contribution in [1.82, 2.24) is 16.1 Å². The van der Waals surface area contributed by atoms with E-state index in [1.807, 2.05) is 12.1 Å². The SMILES string of the molecule is CCOC(=O)C1=C(C)NC(=O)N[C@@H]1c1ccc(OCC(=O)N/N=C\c2cc(I)c(OCc3cccc([N+](=O)[O-])c3)c(I)c2)c(OC)c1. The predicted octanol–water partition coefficient (Wildman–Crippen LogP) is 5.11. The molecule has 0 fully saturated rings. The van der Waals surface area contributed by atoms with E-state index in [4.69, 9.17) is 18.9 Å². The van der Waals surface area contributed by atoms with Gasteiger partial charge < -0.3 is 29.6 Å². The number of ether oxygens (including phenoxy) is 4. The Balaban J connectivity index is 1.35. The third-order valence-electron chi connectivity index (χ3n) is 6.57. The number of nitro groups is 1. The van der Waals surface area contributed by atoms with E-state index in [2.05, 4.69) is 66.3 Å². The highest BCUT2D eigenvalue weighted by molar-refractivity contribution is 14.1. The predicted molar refractivity (Wildman–Crippen MR) is 187 cm³/mol. The first-order valence-corrected chi connectivity index (χ1v) is 16.1. The molecular weight excluding hydrogens is 840 g/mol. The van der Waals surface area contributed by atoms with Crippen molar-refractivity contribution in [3.05, 3.63) is 99.8 Å². The van der Waals surface area contributed by atoms with E-state index >= 15 is 0 Å². The van der Waals surface area contributed by atoms with E-state index in [9.17, 15) is 24.5 Å². The summed E-state index contributed by atoms with van der Waals surface area (Å²) in [7, 11) is 1.43. The Morgan fingerprint density at radius 3 is 2.51 bits per heavy atom. The molecule has 4 rings (SSSR count). The van der Waals surface area contributed by atoms with Crippen molar-refractivity contribution in [2.75, 3.05) is 20.3 Å². The van der Waals surface area contributed by atoms with E-state index in [0.29, 0.717) is 28.1 Å². The Hall–Kier alpha value is -4.46. The smallest absolute Gasteiger partial charge is 0.338 e. The number of methoxy groups -OCH3 is 1. The van der Waals surface area contributed by atoms with Crippen LogP contribution in [0.2, 0.25) is 0 Å². The average Bonchev–Trinajstić information content (AvgIpc) is 3.03. The van der Waals surface area contributed by atoms with E-state index in [1.54, 1.807) is 44.2 Å². The number of hydrogen-bond acceptors (Lipinski definition) is 10. The van der Waals surface area contributed by atoms with Gasteiger partial charge >= 0.3 is 12.0 Å². The van der Waals surface area contributed by atoms with Crippen molar-refractivity contribution in [2.45, 2.75) is 26.5 Å². The van der Waals surface area contributed by atoms with Gasteiger partial charge in [-0.2, -0.15) is 5.10 Å². The van der Waals surface area contributed by atoms with E-state index < -0.39 is 28.9 Å². The number of nitro benzene ring substituents is 1. The highest BCUT2D eigenvalue weighted by atomic mass is 127. The maximum atomic E-state index is 12.6. The Labute approximate surface area is 296 Å². The van der Waals surface area contributed by atoms with Crippen molar-refractivity contribution in [2.24, 2.45) is 5.10 Å². The van der Waals surface area contributed by atoms with Crippen molar-refractivity contribution in [3.63, 3.8) is 0 Å². The standard InChI is InChI=1S/C31H29I2N5O9/c1-4-45-30(40)27-17(2)35-31(41)36-28(27)20-8-9-24(25(13-20)44-3)46-16-26(39)37-34-14-19-11-22(32)29(23(33)12-19)47-15-18-6-5-7-21(10-18)38(42)43/h5-14,28H,4,15-16H2,1-3H3,(H,37,39)(H2,35,36,41)/b34-14-/t28-/m1/s1. The first-order chi connectivity index (χ1) is 22.5. The van der Waals surface area contributed by atoms with Gasteiger partial charge in [0, 0.05) is 17.8 Å². The molecule has 1 heterocycles. The van der Waals surface area contributed by atoms with Gasteiger partial charge in [-0.25, -0.2) is 15.0 Å². The fourth-order valence-corrected chi connectivity index (χ4v) is 6.60. The molecule has 47 heavy (non-hydrogen) atoms. The van der Waals surface area contributed by atoms with Crippen LogP contribution in [0.25, 0.3) is 0 Å². The van der Waals surface area contributed by atoms with Crippen LogP contribution >= 0.6 is 45.2 Å². The second-order valence-electron chi connectivity index (χ2n) is 9.81. The van der Waals surface area contributed by atoms with Gasteiger partial charge in [0.05, 0.1) is 43.6 Å². The molecule has 1 aliphatic heterocycles. The van der Waals surface area contributed by atoms with Crippen LogP contribution < -0.4 is 30.3 Å². The Kier molecular flexibility index (Phi) is 12.3. The number of allylic oxidation sites excluding steroid dienone is 1. The molecule has 0 unspecified atom stereocenters. The normalized spacial score (nSPS) is 14.2. The Bertz CT molecular complexity index is 1740. The van der Waals surface area contributed by atoms with Crippen LogP contribution in [0.15, 0.2) is 71.0 Å². The van der Waals surface area contributed by atoms with Crippen LogP contribution in [-0.2, 0) is 20.9 Å². The van der Waals surface area contributed by atoms with Crippen LogP contribution in [0.3, 0.4) is 0 Å². The lowest BCUT2D eigenvalue weighted by Crippen LogP contribution is -2.45. The number of hydrogen-bond donors (Lipinski definition) is 3. The number of rotatable bonds is 13. The average molecular weight is 869 g/mol. The van der Waals surface area contributed by atoms with Gasteiger partial charge in [0.25, 0.3) is 11.6 Å². The third kappa shape index (κ3) is 9.31. The second kappa shape index (κ2) is 16.4. The summed E-state index contributed by atoms with van der Waals surface area (Å²) in [5, 5.41) is 20.4. The maximum Gasteiger partial charge on any atom is 0.338 e. The van der Waals surface area contributed by atoms with Crippen molar-refractivity contribution in [3.8, 4) is 17.2 Å².